The van der Waals surface area contributed by atoms with E-state index in [1.54, 1.807) is 0 Å². The molecule has 0 aliphatic heterocycles. The fourth-order valence-corrected chi connectivity index (χ4v) is 9.70. The summed E-state index contributed by atoms with van der Waals surface area (Å²) >= 11 is 0. The Bertz CT molecular complexity index is 716. The van der Waals surface area contributed by atoms with E-state index in [1.165, 1.54) is 16.3 Å². The highest BCUT2D eigenvalue weighted by Gasteiger charge is 2.41. The van der Waals surface area contributed by atoms with Gasteiger partial charge in [-0.05, 0) is 39.9 Å². The molecule has 1 atom stereocenters. The molecule has 2 aromatic carbocycles. The predicted octanol–water partition coefficient (Wildman–Crippen LogP) is 7.16. The maximum absolute atomic E-state index is 3.88. The first-order valence-electron chi connectivity index (χ1n) is 9.31. The second-order valence-corrected chi connectivity index (χ2v) is 13.5. The van der Waals surface area contributed by atoms with Crippen molar-refractivity contribution in [1.82, 2.24) is 0 Å². The summed E-state index contributed by atoms with van der Waals surface area (Å²) in [6.07, 6.45) is 0. The average molecular weight is 337 g/mol. The molecule has 0 radical (unpaired) electrons. The molecule has 0 bridgehead atoms. The van der Waals surface area contributed by atoms with Crippen LogP contribution in [0, 0.1) is 11.5 Å². The Hall–Kier alpha value is -1.52. The molecular formula is C23H32Si. The summed E-state index contributed by atoms with van der Waals surface area (Å²) in [5.74, 6) is 3.96. The summed E-state index contributed by atoms with van der Waals surface area (Å²) in [5.41, 5.74) is 7.30. The van der Waals surface area contributed by atoms with Crippen molar-refractivity contribution in [1.29, 1.82) is 0 Å². The van der Waals surface area contributed by atoms with Gasteiger partial charge in [0.2, 0.25) is 0 Å². The zero-order valence-corrected chi connectivity index (χ0v) is 17.4. The summed E-state index contributed by atoms with van der Waals surface area (Å²) in [5, 5.41) is 2.65. The highest BCUT2D eigenvalue weighted by molar-refractivity contribution is 6.90. The average Bonchev–Trinajstić information content (AvgIpc) is 2.53. The van der Waals surface area contributed by atoms with Gasteiger partial charge < -0.3 is 0 Å². The van der Waals surface area contributed by atoms with Gasteiger partial charge in [0.05, 0.1) is 0 Å². The van der Waals surface area contributed by atoms with Crippen LogP contribution in [0.25, 0.3) is 10.8 Å². The summed E-state index contributed by atoms with van der Waals surface area (Å²) in [4.78, 5) is 0. The Morgan fingerprint density at radius 1 is 0.708 bits per heavy atom. The molecule has 0 aliphatic rings. The van der Waals surface area contributed by atoms with Crippen LogP contribution in [0.4, 0.5) is 0 Å². The molecule has 0 amide bonds. The van der Waals surface area contributed by atoms with Crippen LogP contribution in [0.2, 0.25) is 16.6 Å². The van der Waals surface area contributed by atoms with Crippen molar-refractivity contribution >= 4 is 18.8 Å². The first-order valence-corrected chi connectivity index (χ1v) is 11.5. The molecule has 0 N–H and O–H groups in total. The highest BCUT2D eigenvalue weighted by Crippen LogP contribution is 2.41. The summed E-state index contributed by atoms with van der Waals surface area (Å²) < 4.78 is 0. The molecule has 1 heteroatoms. The van der Waals surface area contributed by atoms with Crippen LogP contribution in [-0.4, -0.2) is 8.07 Å². The van der Waals surface area contributed by atoms with Gasteiger partial charge in [-0.3, -0.25) is 0 Å². The van der Waals surface area contributed by atoms with E-state index in [0.717, 1.165) is 0 Å². The van der Waals surface area contributed by atoms with E-state index < -0.39 is 8.07 Å². The molecule has 0 aromatic heterocycles. The zero-order valence-electron chi connectivity index (χ0n) is 16.4. The van der Waals surface area contributed by atoms with Crippen molar-refractivity contribution < 1.29 is 0 Å². The van der Waals surface area contributed by atoms with E-state index in [9.17, 15) is 0 Å². The minimum atomic E-state index is -1.65. The molecule has 0 aliphatic carbocycles. The number of rotatable bonds is 4. The van der Waals surface area contributed by atoms with Crippen molar-refractivity contribution in [2.75, 3.05) is 0 Å². The maximum Gasteiger partial charge on any atom is 0.145 e. The molecule has 0 fully saturated rings. The highest BCUT2D eigenvalue weighted by atomic mass is 28.3. The zero-order chi connectivity index (χ0) is 17.9. The Morgan fingerprint density at radius 2 is 1.25 bits per heavy atom. The quantitative estimate of drug-likeness (QED) is 0.410. The summed E-state index contributed by atoms with van der Waals surface area (Å²) in [7, 11) is -1.65. The molecule has 128 valence electrons. The molecular weight excluding hydrogens is 304 g/mol. The molecule has 0 heterocycles. The predicted molar refractivity (Wildman–Crippen MR) is 111 cm³/mol. The van der Waals surface area contributed by atoms with Gasteiger partial charge in [0.25, 0.3) is 0 Å². The van der Waals surface area contributed by atoms with Crippen LogP contribution in [0.1, 0.15) is 59.9 Å². The van der Waals surface area contributed by atoms with Gasteiger partial charge in [-0.2, -0.15) is 0 Å². The monoisotopic (exact) mass is 336 g/mol. The fourth-order valence-electron chi connectivity index (χ4n) is 4.37. The maximum atomic E-state index is 3.88. The van der Waals surface area contributed by atoms with Crippen molar-refractivity contribution in [2.45, 2.75) is 71.0 Å². The number of fused-ring (bicyclic) bond motifs is 1. The topological polar surface area (TPSA) is 0 Å². The Morgan fingerprint density at radius 3 is 1.83 bits per heavy atom. The van der Waals surface area contributed by atoms with E-state index in [2.05, 4.69) is 102 Å². The molecule has 2 rings (SSSR count). The van der Waals surface area contributed by atoms with E-state index in [1.807, 2.05) is 0 Å². The number of hydrogen-bond acceptors (Lipinski definition) is 0. The molecule has 0 saturated carbocycles. The first-order chi connectivity index (χ1) is 11.3. The minimum absolute atomic E-state index is 0.277. The van der Waals surface area contributed by atoms with Crippen molar-refractivity contribution in [2.24, 2.45) is 0 Å². The third kappa shape index (κ3) is 3.45. The largest absolute Gasteiger partial charge is 0.145 e. The number of hydrogen-bond donors (Lipinski definition) is 0. The van der Waals surface area contributed by atoms with Gasteiger partial charge in [0.15, 0.2) is 0 Å². The minimum Gasteiger partial charge on any atom is -0.130 e. The lowest BCUT2D eigenvalue weighted by Gasteiger charge is -2.38. The van der Waals surface area contributed by atoms with E-state index in [-0.39, 0.29) is 5.92 Å². The van der Waals surface area contributed by atoms with Crippen LogP contribution in [0.5, 0.6) is 0 Å². The molecule has 0 saturated heterocycles. The lowest BCUT2D eigenvalue weighted by atomic mass is 9.95. The number of benzene rings is 2. The lowest BCUT2D eigenvalue weighted by Crippen LogP contribution is -2.43. The Kier molecular flexibility index (Phi) is 5.94. The van der Waals surface area contributed by atoms with E-state index in [0.29, 0.717) is 16.6 Å². The van der Waals surface area contributed by atoms with Crippen molar-refractivity contribution in [3.8, 4) is 11.5 Å². The van der Waals surface area contributed by atoms with Crippen LogP contribution >= 0.6 is 0 Å². The van der Waals surface area contributed by atoms with Crippen LogP contribution in [-0.2, 0) is 0 Å². The second kappa shape index (κ2) is 7.58. The standard InChI is InChI=1S/C23H32Si/c1-17(2)24(18(3)4,19(5)6)16-15-20(7)22-14-10-12-21-11-8-9-13-23(21)22/h8-14,17-20H,1-7H3/t20-/m1/s1. The van der Waals surface area contributed by atoms with E-state index >= 15 is 0 Å². The van der Waals surface area contributed by atoms with Gasteiger partial charge in [-0.25, -0.2) is 0 Å². The molecule has 24 heavy (non-hydrogen) atoms. The Balaban J connectivity index is 2.48. The van der Waals surface area contributed by atoms with Crippen molar-refractivity contribution in [3.05, 3.63) is 48.0 Å². The SMILES string of the molecule is CC(C)[Si](C#C[C@@H](C)c1cccc2ccccc12)(C(C)C)C(C)C. The molecule has 0 spiro atoms. The smallest absolute Gasteiger partial charge is 0.130 e. The third-order valence-corrected chi connectivity index (χ3v) is 12.0. The van der Waals surface area contributed by atoms with Crippen LogP contribution in [0.15, 0.2) is 42.5 Å². The van der Waals surface area contributed by atoms with Crippen molar-refractivity contribution in [3.63, 3.8) is 0 Å². The van der Waals surface area contributed by atoms with Gasteiger partial charge in [0, 0.05) is 5.92 Å². The van der Waals surface area contributed by atoms with Crippen LogP contribution < -0.4 is 0 Å². The second-order valence-electron chi connectivity index (χ2n) is 7.96. The first kappa shape index (κ1) is 18.8. The van der Waals surface area contributed by atoms with E-state index in [4.69, 9.17) is 0 Å². The third-order valence-electron chi connectivity index (χ3n) is 5.66. The lowest BCUT2D eigenvalue weighted by molar-refractivity contribution is 0.837. The Labute approximate surface area is 149 Å². The van der Waals surface area contributed by atoms with Gasteiger partial charge >= 0.3 is 0 Å². The molecule has 2 aromatic rings. The molecule has 0 nitrogen and oxygen atoms in total. The molecule has 0 unspecified atom stereocenters. The summed E-state index contributed by atoms with van der Waals surface area (Å²) in [6.45, 7) is 16.5. The van der Waals surface area contributed by atoms with Gasteiger partial charge in [-0.15, -0.1) is 11.5 Å². The normalized spacial score (nSPS) is 13.4. The summed E-state index contributed by atoms with van der Waals surface area (Å²) in [6, 6.07) is 15.2. The van der Waals surface area contributed by atoms with Gasteiger partial charge in [0.1, 0.15) is 8.07 Å². The fraction of sp³-hybridized carbons (Fsp3) is 0.478. The van der Waals surface area contributed by atoms with Crippen LogP contribution in [0.3, 0.4) is 0 Å². The van der Waals surface area contributed by atoms with Gasteiger partial charge in [-0.1, -0.05) is 84.0 Å².